The summed E-state index contributed by atoms with van der Waals surface area (Å²) < 4.78 is 12.2. The lowest BCUT2D eigenvalue weighted by molar-refractivity contribution is 0.216. The zero-order valence-corrected chi connectivity index (χ0v) is 15.9. The standard InChI is InChI=1S/C20H22BrNO2/c1-4-20(2,3)16-5-8-18(9-6-16)23-11-12-24-19-10-7-17(21)13-15(19)14-22/h5-10,13H,4,11-12H2,1-3H3. The fourth-order valence-corrected chi connectivity index (χ4v) is 2.59. The van der Waals surface area contributed by atoms with Crippen LogP contribution in [0.3, 0.4) is 0 Å². The Morgan fingerprint density at radius 1 is 1.04 bits per heavy atom. The lowest BCUT2D eigenvalue weighted by Gasteiger charge is -2.23. The molecule has 2 aromatic rings. The van der Waals surface area contributed by atoms with Crippen molar-refractivity contribution in [3.8, 4) is 17.6 Å². The number of nitriles is 1. The second-order valence-electron chi connectivity index (χ2n) is 6.21. The number of benzene rings is 2. The van der Waals surface area contributed by atoms with Crippen LogP contribution < -0.4 is 9.47 Å². The second kappa shape index (κ2) is 8.21. The summed E-state index contributed by atoms with van der Waals surface area (Å²) >= 11 is 3.34. The van der Waals surface area contributed by atoms with Gasteiger partial charge in [0, 0.05) is 4.47 Å². The maximum absolute atomic E-state index is 9.11. The first-order valence-corrected chi connectivity index (χ1v) is 8.81. The highest BCUT2D eigenvalue weighted by Gasteiger charge is 2.17. The topological polar surface area (TPSA) is 42.2 Å². The van der Waals surface area contributed by atoms with Gasteiger partial charge in [0.1, 0.15) is 30.8 Å². The Hall–Kier alpha value is -1.99. The van der Waals surface area contributed by atoms with E-state index in [0.29, 0.717) is 24.5 Å². The maximum atomic E-state index is 9.11. The van der Waals surface area contributed by atoms with Gasteiger partial charge in [-0.2, -0.15) is 5.26 Å². The minimum Gasteiger partial charge on any atom is -0.490 e. The van der Waals surface area contributed by atoms with Crippen LogP contribution in [-0.4, -0.2) is 13.2 Å². The molecular formula is C20H22BrNO2. The Kier molecular flexibility index (Phi) is 6.28. The molecule has 0 aliphatic heterocycles. The largest absolute Gasteiger partial charge is 0.490 e. The Morgan fingerprint density at radius 2 is 1.71 bits per heavy atom. The van der Waals surface area contributed by atoms with Gasteiger partial charge in [-0.3, -0.25) is 0 Å². The first kappa shape index (κ1) is 18.4. The fourth-order valence-electron chi connectivity index (χ4n) is 2.23. The van der Waals surface area contributed by atoms with Crippen LogP contribution in [0.15, 0.2) is 46.9 Å². The molecule has 2 aromatic carbocycles. The normalized spacial score (nSPS) is 11.0. The van der Waals surface area contributed by atoms with Crippen LogP contribution in [0, 0.1) is 11.3 Å². The summed E-state index contributed by atoms with van der Waals surface area (Å²) in [5.74, 6) is 1.40. The molecule has 0 bridgehead atoms. The van der Waals surface area contributed by atoms with Crippen molar-refractivity contribution in [3.63, 3.8) is 0 Å². The first-order valence-electron chi connectivity index (χ1n) is 8.02. The molecule has 0 unspecified atom stereocenters. The van der Waals surface area contributed by atoms with E-state index in [4.69, 9.17) is 14.7 Å². The average molecular weight is 388 g/mol. The van der Waals surface area contributed by atoms with Gasteiger partial charge in [-0.25, -0.2) is 0 Å². The predicted molar refractivity (Wildman–Crippen MR) is 99.6 cm³/mol. The Bertz CT molecular complexity index is 717. The number of nitrogens with zero attached hydrogens (tertiary/aromatic N) is 1. The molecule has 0 aromatic heterocycles. The van der Waals surface area contributed by atoms with E-state index < -0.39 is 0 Å². The zero-order chi connectivity index (χ0) is 17.6. The molecular weight excluding hydrogens is 366 g/mol. The van der Waals surface area contributed by atoms with Gasteiger partial charge >= 0.3 is 0 Å². The molecule has 126 valence electrons. The quantitative estimate of drug-likeness (QED) is 0.591. The summed E-state index contributed by atoms with van der Waals surface area (Å²) in [6.45, 7) is 7.48. The minimum atomic E-state index is 0.177. The summed E-state index contributed by atoms with van der Waals surface area (Å²) in [5, 5.41) is 9.11. The first-order chi connectivity index (χ1) is 11.5. The molecule has 0 heterocycles. The van der Waals surface area contributed by atoms with Gasteiger partial charge in [0.25, 0.3) is 0 Å². The number of rotatable bonds is 7. The number of hydrogen-bond donors (Lipinski definition) is 0. The molecule has 0 saturated heterocycles. The van der Waals surface area contributed by atoms with Gasteiger partial charge in [0.15, 0.2) is 0 Å². The molecule has 2 rings (SSSR count). The zero-order valence-electron chi connectivity index (χ0n) is 14.3. The summed E-state index contributed by atoms with van der Waals surface area (Å²) in [5.41, 5.74) is 1.99. The maximum Gasteiger partial charge on any atom is 0.137 e. The van der Waals surface area contributed by atoms with Gasteiger partial charge in [-0.1, -0.05) is 48.8 Å². The summed E-state index contributed by atoms with van der Waals surface area (Å²) in [7, 11) is 0. The van der Waals surface area contributed by atoms with Crippen molar-refractivity contribution in [2.24, 2.45) is 0 Å². The Balaban J connectivity index is 1.86. The molecule has 3 nitrogen and oxygen atoms in total. The molecule has 0 saturated carbocycles. The highest BCUT2D eigenvalue weighted by Crippen LogP contribution is 2.28. The van der Waals surface area contributed by atoms with Gasteiger partial charge in [-0.15, -0.1) is 0 Å². The lowest BCUT2D eigenvalue weighted by Crippen LogP contribution is -2.15. The van der Waals surface area contributed by atoms with Crippen molar-refractivity contribution < 1.29 is 9.47 Å². The van der Waals surface area contributed by atoms with Crippen molar-refractivity contribution in [1.82, 2.24) is 0 Å². The molecule has 0 radical (unpaired) electrons. The van der Waals surface area contributed by atoms with E-state index in [0.717, 1.165) is 16.6 Å². The average Bonchev–Trinajstić information content (AvgIpc) is 2.60. The third-order valence-corrected chi connectivity index (χ3v) is 4.68. The molecule has 0 atom stereocenters. The fraction of sp³-hybridized carbons (Fsp3) is 0.350. The van der Waals surface area contributed by atoms with Crippen molar-refractivity contribution in [3.05, 3.63) is 58.1 Å². The summed E-state index contributed by atoms with van der Waals surface area (Å²) in [6, 6.07) is 15.7. The molecule has 0 fully saturated rings. The van der Waals surface area contributed by atoms with Crippen LogP contribution in [0.5, 0.6) is 11.5 Å². The van der Waals surface area contributed by atoms with Crippen molar-refractivity contribution in [2.45, 2.75) is 32.6 Å². The van der Waals surface area contributed by atoms with E-state index >= 15 is 0 Å². The highest BCUT2D eigenvalue weighted by molar-refractivity contribution is 9.10. The molecule has 0 aliphatic carbocycles. The Morgan fingerprint density at radius 3 is 2.33 bits per heavy atom. The van der Waals surface area contributed by atoms with E-state index in [1.165, 1.54) is 5.56 Å². The van der Waals surface area contributed by atoms with E-state index in [1.807, 2.05) is 18.2 Å². The van der Waals surface area contributed by atoms with Gasteiger partial charge in [0.05, 0.1) is 5.56 Å². The number of hydrogen-bond acceptors (Lipinski definition) is 3. The number of ether oxygens (including phenoxy) is 2. The van der Waals surface area contributed by atoms with Crippen LogP contribution in [0.25, 0.3) is 0 Å². The van der Waals surface area contributed by atoms with Gasteiger partial charge < -0.3 is 9.47 Å². The Labute approximate surface area is 152 Å². The van der Waals surface area contributed by atoms with Crippen molar-refractivity contribution >= 4 is 15.9 Å². The lowest BCUT2D eigenvalue weighted by atomic mass is 9.82. The third-order valence-electron chi connectivity index (χ3n) is 4.19. The second-order valence-corrected chi connectivity index (χ2v) is 7.13. The third kappa shape index (κ3) is 4.75. The van der Waals surface area contributed by atoms with Crippen molar-refractivity contribution in [1.29, 1.82) is 5.26 Å². The van der Waals surface area contributed by atoms with Gasteiger partial charge in [-0.05, 0) is 47.7 Å². The molecule has 0 amide bonds. The van der Waals surface area contributed by atoms with Gasteiger partial charge in [0.2, 0.25) is 0 Å². The van der Waals surface area contributed by atoms with Crippen molar-refractivity contribution in [2.75, 3.05) is 13.2 Å². The predicted octanol–water partition coefficient (Wildman–Crippen LogP) is 5.47. The highest BCUT2D eigenvalue weighted by atomic mass is 79.9. The molecule has 4 heteroatoms. The summed E-state index contributed by atoms with van der Waals surface area (Å²) in [6.07, 6.45) is 1.09. The molecule has 0 N–H and O–H groups in total. The number of halogens is 1. The van der Waals surface area contributed by atoms with E-state index in [9.17, 15) is 0 Å². The van der Waals surface area contributed by atoms with Crippen LogP contribution in [0.1, 0.15) is 38.3 Å². The molecule has 0 spiro atoms. The van der Waals surface area contributed by atoms with E-state index in [-0.39, 0.29) is 5.41 Å². The van der Waals surface area contributed by atoms with E-state index in [1.54, 1.807) is 12.1 Å². The van der Waals surface area contributed by atoms with Crippen LogP contribution in [0.4, 0.5) is 0 Å². The summed E-state index contributed by atoms with van der Waals surface area (Å²) in [4.78, 5) is 0. The van der Waals surface area contributed by atoms with E-state index in [2.05, 4.69) is 54.9 Å². The minimum absolute atomic E-state index is 0.177. The SMILES string of the molecule is CCC(C)(C)c1ccc(OCCOc2ccc(Br)cc2C#N)cc1. The van der Waals surface area contributed by atoms with Crippen LogP contribution in [-0.2, 0) is 5.41 Å². The van der Waals surface area contributed by atoms with Crippen LogP contribution in [0.2, 0.25) is 0 Å². The van der Waals surface area contributed by atoms with Crippen LogP contribution >= 0.6 is 15.9 Å². The molecule has 24 heavy (non-hydrogen) atoms. The monoisotopic (exact) mass is 387 g/mol. The molecule has 0 aliphatic rings. The smallest absolute Gasteiger partial charge is 0.137 e.